The molecule has 0 aromatic heterocycles. The summed E-state index contributed by atoms with van der Waals surface area (Å²) in [4.78, 5) is 48.4. The molecule has 6 N–H and O–H groups in total. The van der Waals surface area contributed by atoms with E-state index in [2.05, 4.69) is 10.1 Å². The number of nitrogens with one attached hydrogen (secondary N) is 1. The highest BCUT2D eigenvalue weighted by Gasteiger charge is 2.54. The van der Waals surface area contributed by atoms with Crippen LogP contribution in [0.2, 0.25) is 0 Å². The zero-order valence-electron chi connectivity index (χ0n) is 14.5. The molecule has 0 bridgehead atoms. The van der Waals surface area contributed by atoms with E-state index in [-0.39, 0.29) is 23.6 Å². The van der Waals surface area contributed by atoms with Crippen molar-refractivity contribution in [2.75, 3.05) is 12.4 Å². The highest BCUT2D eigenvalue weighted by atomic mass is 32.2. The van der Waals surface area contributed by atoms with Crippen LogP contribution in [0, 0.1) is 0 Å². The summed E-state index contributed by atoms with van der Waals surface area (Å²) in [5.41, 5.74) is 11.4. The Morgan fingerprint density at radius 1 is 1.32 bits per heavy atom. The van der Waals surface area contributed by atoms with E-state index in [1.165, 1.54) is 11.8 Å². The number of rotatable bonds is 6. The largest absolute Gasteiger partial charge is 0.477 e. The molecule has 3 rings (SSSR count). The second-order valence-electron chi connectivity index (χ2n) is 6.15. The number of carbonyl (C=O) groups excluding carboxylic acids is 3. The molecule has 1 fully saturated rings. The SMILES string of the molecule is NC(=O)OCC1=C(C(=O)O)N2C(=O)[C@@H](NC(=O)C(N)c3ccccc3)[C@H]2SC1. The summed E-state index contributed by atoms with van der Waals surface area (Å²) in [5.74, 6) is -2.22. The molecule has 0 saturated carbocycles. The Labute approximate surface area is 163 Å². The van der Waals surface area contributed by atoms with Gasteiger partial charge < -0.3 is 26.6 Å². The Kier molecular flexibility index (Phi) is 5.56. The molecule has 148 valence electrons. The van der Waals surface area contributed by atoms with Crippen molar-refractivity contribution in [2.45, 2.75) is 17.5 Å². The summed E-state index contributed by atoms with van der Waals surface area (Å²) >= 11 is 1.25. The monoisotopic (exact) mass is 406 g/mol. The third-order valence-corrected chi connectivity index (χ3v) is 5.72. The van der Waals surface area contributed by atoms with Crippen LogP contribution in [-0.2, 0) is 19.1 Å². The number of benzene rings is 1. The van der Waals surface area contributed by atoms with Crippen LogP contribution >= 0.6 is 11.8 Å². The molecule has 0 radical (unpaired) electrons. The first kappa shape index (κ1) is 19.7. The number of carboxylic acids is 1. The number of β-lactam (4-membered cyclic amide) rings is 1. The van der Waals surface area contributed by atoms with Crippen LogP contribution in [0.4, 0.5) is 4.79 Å². The van der Waals surface area contributed by atoms with Crippen molar-refractivity contribution in [3.05, 3.63) is 47.2 Å². The molecule has 0 aliphatic carbocycles. The molecule has 11 heteroatoms. The minimum absolute atomic E-state index is 0.209. The van der Waals surface area contributed by atoms with E-state index in [0.717, 1.165) is 4.90 Å². The maximum absolute atomic E-state index is 12.5. The second kappa shape index (κ2) is 7.90. The Hall–Kier alpha value is -3.05. The number of amides is 3. The Morgan fingerprint density at radius 2 is 2.00 bits per heavy atom. The van der Waals surface area contributed by atoms with Crippen LogP contribution in [0.3, 0.4) is 0 Å². The first-order valence-corrected chi connectivity index (χ1v) is 9.29. The molecule has 1 unspecified atom stereocenters. The summed E-state index contributed by atoms with van der Waals surface area (Å²) in [6.45, 7) is -0.323. The molecule has 28 heavy (non-hydrogen) atoms. The van der Waals surface area contributed by atoms with Gasteiger partial charge in [0.25, 0.3) is 5.91 Å². The number of ether oxygens (including phenoxy) is 1. The van der Waals surface area contributed by atoms with Crippen LogP contribution in [0.5, 0.6) is 0 Å². The molecule has 1 aromatic rings. The van der Waals surface area contributed by atoms with Gasteiger partial charge in [-0.05, 0) is 5.56 Å². The van der Waals surface area contributed by atoms with Crippen molar-refractivity contribution < 1.29 is 29.0 Å². The summed E-state index contributed by atoms with van der Waals surface area (Å²) < 4.78 is 4.66. The molecule has 3 atom stereocenters. The van der Waals surface area contributed by atoms with Gasteiger partial charge in [0.05, 0.1) is 0 Å². The minimum Gasteiger partial charge on any atom is -0.477 e. The molecular weight excluding hydrogens is 388 g/mol. The van der Waals surface area contributed by atoms with E-state index in [1.807, 2.05) is 0 Å². The van der Waals surface area contributed by atoms with Crippen LogP contribution in [0.1, 0.15) is 11.6 Å². The average molecular weight is 406 g/mol. The van der Waals surface area contributed by atoms with Crippen molar-refractivity contribution in [2.24, 2.45) is 11.5 Å². The molecular formula is C17H18N4O6S. The third-order valence-electron chi connectivity index (χ3n) is 4.38. The molecule has 3 amide bonds. The fraction of sp³-hybridized carbons (Fsp3) is 0.294. The maximum atomic E-state index is 12.5. The Balaban J connectivity index is 1.72. The molecule has 2 aliphatic heterocycles. The number of hydrogen-bond donors (Lipinski definition) is 4. The van der Waals surface area contributed by atoms with E-state index < -0.39 is 41.3 Å². The number of carboxylic acid groups (broad SMARTS) is 1. The van der Waals surface area contributed by atoms with E-state index >= 15 is 0 Å². The van der Waals surface area contributed by atoms with Crippen molar-refractivity contribution >= 4 is 35.6 Å². The predicted molar refractivity (Wildman–Crippen MR) is 98.6 cm³/mol. The lowest BCUT2D eigenvalue weighted by molar-refractivity contribution is -0.151. The van der Waals surface area contributed by atoms with Crippen molar-refractivity contribution in [3.63, 3.8) is 0 Å². The normalized spacial score (nSPS) is 22.0. The Morgan fingerprint density at radius 3 is 2.61 bits per heavy atom. The van der Waals surface area contributed by atoms with Crippen molar-refractivity contribution in [1.29, 1.82) is 0 Å². The number of aliphatic carboxylic acids is 1. The smallest absolute Gasteiger partial charge is 0.404 e. The highest BCUT2D eigenvalue weighted by Crippen LogP contribution is 2.40. The standard InChI is InChI=1S/C17H18N4O6S/c18-10(8-4-2-1-3-5-8)13(22)20-11-14(23)21-12(16(24)25)9(6-27-17(19)26)7-28-15(11)21/h1-5,10-11,15H,6-7,18H2,(H2,19,26)(H,20,22)(H,24,25)/t10?,11-,15-/m1/s1. The number of primary amides is 1. The van der Waals surface area contributed by atoms with Gasteiger partial charge in [0.15, 0.2) is 0 Å². The van der Waals surface area contributed by atoms with Crippen LogP contribution in [0.15, 0.2) is 41.6 Å². The molecule has 10 nitrogen and oxygen atoms in total. The highest BCUT2D eigenvalue weighted by molar-refractivity contribution is 8.00. The topological polar surface area (TPSA) is 165 Å². The summed E-state index contributed by atoms with van der Waals surface area (Å²) in [7, 11) is 0. The van der Waals surface area contributed by atoms with E-state index in [9.17, 15) is 24.3 Å². The number of carbonyl (C=O) groups is 4. The lowest BCUT2D eigenvalue weighted by Gasteiger charge is -2.49. The lowest BCUT2D eigenvalue weighted by atomic mass is 10.0. The zero-order valence-corrected chi connectivity index (χ0v) is 15.3. The number of fused-ring (bicyclic) bond motifs is 1. The molecule has 0 spiro atoms. The fourth-order valence-electron chi connectivity index (χ4n) is 3.01. The van der Waals surface area contributed by atoms with E-state index in [4.69, 9.17) is 11.5 Å². The number of nitrogens with two attached hydrogens (primary N) is 2. The summed E-state index contributed by atoms with van der Waals surface area (Å²) in [5, 5.41) is 11.5. The van der Waals surface area contributed by atoms with Crippen LogP contribution in [0.25, 0.3) is 0 Å². The van der Waals surface area contributed by atoms with Gasteiger partial charge in [-0.1, -0.05) is 30.3 Å². The van der Waals surface area contributed by atoms with Gasteiger partial charge >= 0.3 is 12.1 Å². The minimum atomic E-state index is -1.33. The molecule has 2 heterocycles. The van der Waals surface area contributed by atoms with Gasteiger partial charge in [-0.25, -0.2) is 9.59 Å². The number of hydrogen-bond acceptors (Lipinski definition) is 7. The molecule has 1 aromatic carbocycles. The van der Waals surface area contributed by atoms with Crippen LogP contribution < -0.4 is 16.8 Å². The first-order chi connectivity index (χ1) is 13.3. The number of thioether (sulfide) groups is 1. The van der Waals surface area contributed by atoms with Crippen molar-refractivity contribution in [1.82, 2.24) is 10.2 Å². The maximum Gasteiger partial charge on any atom is 0.404 e. The predicted octanol–water partition coefficient (Wildman–Crippen LogP) is -0.480. The fourth-order valence-corrected chi connectivity index (χ4v) is 4.33. The summed E-state index contributed by atoms with van der Waals surface area (Å²) in [6, 6.07) is 6.84. The quantitative estimate of drug-likeness (QED) is 0.460. The number of nitrogens with zero attached hydrogens (tertiary/aromatic N) is 1. The molecule has 2 aliphatic rings. The van der Waals surface area contributed by atoms with E-state index in [0.29, 0.717) is 5.56 Å². The third kappa shape index (κ3) is 3.66. The lowest BCUT2D eigenvalue weighted by Crippen LogP contribution is -2.71. The first-order valence-electron chi connectivity index (χ1n) is 8.24. The van der Waals surface area contributed by atoms with Crippen LogP contribution in [-0.4, -0.2) is 57.7 Å². The van der Waals surface area contributed by atoms with Gasteiger partial charge in [-0.2, -0.15) is 0 Å². The van der Waals surface area contributed by atoms with Gasteiger partial charge in [0.1, 0.15) is 29.8 Å². The van der Waals surface area contributed by atoms with Gasteiger partial charge in [0.2, 0.25) is 5.91 Å². The van der Waals surface area contributed by atoms with Gasteiger partial charge in [0, 0.05) is 11.3 Å². The molecule has 1 saturated heterocycles. The van der Waals surface area contributed by atoms with Crippen molar-refractivity contribution in [3.8, 4) is 0 Å². The van der Waals surface area contributed by atoms with E-state index in [1.54, 1.807) is 30.3 Å². The second-order valence-corrected chi connectivity index (χ2v) is 7.25. The van der Waals surface area contributed by atoms with Gasteiger partial charge in [-0.15, -0.1) is 11.8 Å². The van der Waals surface area contributed by atoms with Gasteiger partial charge in [-0.3, -0.25) is 14.5 Å². The Bertz CT molecular complexity index is 858. The average Bonchev–Trinajstić information content (AvgIpc) is 2.69. The summed E-state index contributed by atoms with van der Waals surface area (Å²) in [6.07, 6.45) is -1.04. The zero-order chi connectivity index (χ0) is 20.4.